The molecule has 0 spiro atoms. The highest BCUT2D eigenvalue weighted by Crippen LogP contribution is 2.22. The normalized spacial score (nSPS) is 21.2. The van der Waals surface area contributed by atoms with Gasteiger partial charge in [-0.05, 0) is 6.07 Å². The number of hydrogen-bond donors (Lipinski definition) is 2. The van der Waals surface area contributed by atoms with Crippen LogP contribution in [0.25, 0.3) is 0 Å². The third-order valence-corrected chi connectivity index (χ3v) is 3.85. The Morgan fingerprint density at radius 3 is 2.79 bits per heavy atom. The number of amides is 1. The molecule has 2 fully saturated rings. The van der Waals surface area contributed by atoms with E-state index in [1.165, 1.54) is 12.4 Å². The summed E-state index contributed by atoms with van der Waals surface area (Å²) in [5, 5.41) is 13.0. The van der Waals surface area contributed by atoms with Crippen LogP contribution in [-0.2, 0) is 0 Å². The van der Waals surface area contributed by atoms with Crippen LogP contribution in [0.1, 0.15) is 10.4 Å². The van der Waals surface area contributed by atoms with Gasteiger partial charge in [0.05, 0.1) is 11.8 Å². The molecule has 3 heterocycles. The van der Waals surface area contributed by atoms with Crippen molar-refractivity contribution in [2.75, 3.05) is 39.3 Å². The van der Waals surface area contributed by atoms with E-state index in [0.717, 1.165) is 39.3 Å². The minimum atomic E-state index is -0.105. The number of carbonyl (C=O) groups excluding carboxylic acids is 1. The maximum absolute atomic E-state index is 12.2. The van der Waals surface area contributed by atoms with Crippen LogP contribution < -0.4 is 5.32 Å². The third-order valence-electron chi connectivity index (χ3n) is 3.85. The summed E-state index contributed by atoms with van der Waals surface area (Å²) in [6, 6.07) is 2.03. The Morgan fingerprint density at radius 1 is 1.37 bits per heavy atom. The molecule has 2 aliphatic heterocycles. The van der Waals surface area contributed by atoms with Crippen molar-refractivity contribution in [1.29, 1.82) is 0 Å². The van der Waals surface area contributed by atoms with E-state index in [1.54, 1.807) is 11.0 Å². The second kappa shape index (κ2) is 5.14. The maximum atomic E-state index is 12.2. The minimum absolute atomic E-state index is 0.0434. The average Bonchev–Trinajstić information content (AvgIpc) is 2.38. The largest absolute Gasteiger partial charge is 0.505 e. The number of aromatic hydroxyl groups is 1. The molecule has 1 aromatic rings. The average molecular weight is 262 g/mol. The van der Waals surface area contributed by atoms with Crippen LogP contribution in [-0.4, -0.2) is 71.1 Å². The highest BCUT2D eigenvalue weighted by Gasteiger charge is 2.36. The third kappa shape index (κ3) is 2.41. The quantitative estimate of drug-likeness (QED) is 0.753. The van der Waals surface area contributed by atoms with Crippen molar-refractivity contribution < 1.29 is 9.90 Å². The first-order valence-electron chi connectivity index (χ1n) is 6.63. The number of carbonyl (C=O) groups is 1. The first-order chi connectivity index (χ1) is 9.25. The summed E-state index contributed by atoms with van der Waals surface area (Å²) >= 11 is 0. The summed E-state index contributed by atoms with van der Waals surface area (Å²) in [5.74, 6) is -0.149. The zero-order valence-electron chi connectivity index (χ0n) is 10.7. The number of pyridine rings is 1. The molecule has 1 aromatic heterocycles. The van der Waals surface area contributed by atoms with E-state index in [1.807, 2.05) is 0 Å². The van der Waals surface area contributed by atoms with Crippen molar-refractivity contribution in [2.45, 2.75) is 6.04 Å². The number of hydrogen-bond acceptors (Lipinski definition) is 5. The van der Waals surface area contributed by atoms with Crippen LogP contribution in [0.15, 0.2) is 18.5 Å². The molecule has 3 rings (SSSR count). The molecule has 2 N–H and O–H groups in total. The molecule has 2 saturated heterocycles. The lowest BCUT2D eigenvalue weighted by molar-refractivity contribution is 0.0225. The van der Waals surface area contributed by atoms with E-state index in [0.29, 0.717) is 11.6 Å². The summed E-state index contributed by atoms with van der Waals surface area (Å²) < 4.78 is 0. The number of nitrogens with one attached hydrogen (secondary N) is 1. The molecule has 6 heteroatoms. The summed E-state index contributed by atoms with van der Waals surface area (Å²) in [5.41, 5.74) is 0.341. The van der Waals surface area contributed by atoms with Gasteiger partial charge in [0.25, 0.3) is 5.91 Å². The molecule has 102 valence electrons. The van der Waals surface area contributed by atoms with E-state index >= 15 is 0 Å². The van der Waals surface area contributed by atoms with Crippen molar-refractivity contribution in [2.24, 2.45) is 0 Å². The Bertz CT molecular complexity index is 467. The number of likely N-dealkylation sites (tertiary alicyclic amines) is 1. The van der Waals surface area contributed by atoms with Gasteiger partial charge in [-0.25, -0.2) is 0 Å². The van der Waals surface area contributed by atoms with Crippen LogP contribution in [0, 0.1) is 0 Å². The SMILES string of the molecule is O=C(c1ccncc1O)N1CC(N2CCNCC2)C1. The van der Waals surface area contributed by atoms with Gasteiger partial charge in [-0.15, -0.1) is 0 Å². The highest BCUT2D eigenvalue weighted by molar-refractivity contribution is 5.97. The molecule has 0 saturated carbocycles. The number of aromatic nitrogens is 1. The predicted molar refractivity (Wildman–Crippen MR) is 70.0 cm³/mol. The molecular formula is C13H18N4O2. The number of nitrogens with zero attached hydrogens (tertiary/aromatic N) is 3. The molecule has 0 unspecified atom stereocenters. The van der Waals surface area contributed by atoms with Gasteiger partial charge in [0.2, 0.25) is 0 Å². The second-order valence-corrected chi connectivity index (χ2v) is 5.04. The standard InChI is InChI=1S/C13H18N4O2/c18-12-7-15-2-1-11(12)13(19)17-8-10(9-17)16-5-3-14-4-6-16/h1-2,7,10,14,18H,3-6,8-9H2. The molecule has 0 aromatic carbocycles. The molecule has 0 radical (unpaired) electrons. The Hall–Kier alpha value is -1.66. The molecule has 1 amide bonds. The lowest BCUT2D eigenvalue weighted by Crippen LogP contribution is -2.63. The van der Waals surface area contributed by atoms with Crippen LogP contribution in [0.2, 0.25) is 0 Å². The molecule has 2 aliphatic rings. The minimum Gasteiger partial charge on any atom is -0.505 e. The Labute approximate surface area is 112 Å². The van der Waals surface area contributed by atoms with Gasteiger partial charge in [0.1, 0.15) is 5.75 Å². The topological polar surface area (TPSA) is 68.7 Å². The van der Waals surface area contributed by atoms with Crippen LogP contribution >= 0.6 is 0 Å². The first-order valence-corrected chi connectivity index (χ1v) is 6.63. The highest BCUT2D eigenvalue weighted by atomic mass is 16.3. The Kier molecular flexibility index (Phi) is 3.35. The Morgan fingerprint density at radius 2 is 2.11 bits per heavy atom. The van der Waals surface area contributed by atoms with Crippen molar-refractivity contribution in [1.82, 2.24) is 20.1 Å². The van der Waals surface area contributed by atoms with Gasteiger partial charge in [0, 0.05) is 51.5 Å². The zero-order valence-corrected chi connectivity index (χ0v) is 10.7. The Balaban J connectivity index is 1.58. The van der Waals surface area contributed by atoms with E-state index in [9.17, 15) is 9.90 Å². The molecule has 0 atom stereocenters. The first kappa shape index (κ1) is 12.4. The maximum Gasteiger partial charge on any atom is 0.257 e. The van der Waals surface area contributed by atoms with Crippen LogP contribution in [0.3, 0.4) is 0 Å². The fraction of sp³-hybridized carbons (Fsp3) is 0.538. The monoisotopic (exact) mass is 262 g/mol. The summed E-state index contributed by atoms with van der Waals surface area (Å²) in [6.45, 7) is 5.65. The van der Waals surface area contributed by atoms with Gasteiger partial charge < -0.3 is 15.3 Å². The van der Waals surface area contributed by atoms with E-state index in [-0.39, 0.29) is 11.7 Å². The van der Waals surface area contributed by atoms with Crippen LogP contribution in [0.4, 0.5) is 0 Å². The summed E-state index contributed by atoms with van der Waals surface area (Å²) in [6.07, 6.45) is 2.83. The summed E-state index contributed by atoms with van der Waals surface area (Å²) in [7, 11) is 0. The van der Waals surface area contributed by atoms with Gasteiger partial charge in [-0.3, -0.25) is 14.7 Å². The van der Waals surface area contributed by atoms with Crippen molar-refractivity contribution >= 4 is 5.91 Å². The van der Waals surface area contributed by atoms with Crippen LogP contribution in [0.5, 0.6) is 5.75 Å². The van der Waals surface area contributed by atoms with Gasteiger partial charge in [-0.2, -0.15) is 0 Å². The molecule has 0 aliphatic carbocycles. The van der Waals surface area contributed by atoms with Crippen molar-refractivity contribution in [3.8, 4) is 5.75 Å². The van der Waals surface area contributed by atoms with E-state index in [4.69, 9.17) is 0 Å². The molecular weight excluding hydrogens is 244 g/mol. The lowest BCUT2D eigenvalue weighted by atomic mass is 10.0. The van der Waals surface area contributed by atoms with Crippen molar-refractivity contribution in [3.63, 3.8) is 0 Å². The molecule has 19 heavy (non-hydrogen) atoms. The molecule has 0 bridgehead atoms. The number of piperazine rings is 1. The summed E-state index contributed by atoms with van der Waals surface area (Å²) in [4.78, 5) is 20.2. The fourth-order valence-electron chi connectivity index (χ4n) is 2.64. The van der Waals surface area contributed by atoms with Gasteiger partial charge in [-0.1, -0.05) is 0 Å². The second-order valence-electron chi connectivity index (χ2n) is 5.04. The van der Waals surface area contributed by atoms with Gasteiger partial charge in [0.15, 0.2) is 0 Å². The van der Waals surface area contributed by atoms with E-state index in [2.05, 4.69) is 15.2 Å². The zero-order chi connectivity index (χ0) is 13.2. The van der Waals surface area contributed by atoms with Gasteiger partial charge >= 0.3 is 0 Å². The number of rotatable bonds is 2. The lowest BCUT2D eigenvalue weighted by Gasteiger charge is -2.46. The smallest absolute Gasteiger partial charge is 0.257 e. The molecule has 6 nitrogen and oxygen atoms in total. The van der Waals surface area contributed by atoms with Crippen molar-refractivity contribution in [3.05, 3.63) is 24.0 Å². The fourth-order valence-corrected chi connectivity index (χ4v) is 2.64. The van der Waals surface area contributed by atoms with E-state index < -0.39 is 0 Å². The predicted octanol–water partition coefficient (Wildman–Crippen LogP) is -0.483.